The fraction of sp³-hybridized carbons (Fsp3) is 0.500. The Balaban J connectivity index is 0.00000392. The largest absolute Gasteiger partial charge is 0.408 e. The summed E-state index contributed by atoms with van der Waals surface area (Å²) in [5.41, 5.74) is 1.19. The van der Waals surface area contributed by atoms with Crippen molar-refractivity contribution in [1.29, 1.82) is 0 Å². The van der Waals surface area contributed by atoms with E-state index >= 15 is 0 Å². The van der Waals surface area contributed by atoms with Crippen molar-refractivity contribution in [3.63, 3.8) is 0 Å². The van der Waals surface area contributed by atoms with Crippen LogP contribution in [0.3, 0.4) is 0 Å². The summed E-state index contributed by atoms with van der Waals surface area (Å²) < 4.78 is 77.1. The van der Waals surface area contributed by atoms with E-state index in [1.807, 2.05) is 6.92 Å². The number of fused-ring (bicyclic) bond motifs is 1. The predicted molar refractivity (Wildman–Crippen MR) is 184 cm³/mol. The first-order valence-corrected chi connectivity index (χ1v) is 18.4. The van der Waals surface area contributed by atoms with Gasteiger partial charge in [-0.05, 0) is 50.8 Å². The van der Waals surface area contributed by atoms with Crippen molar-refractivity contribution in [2.45, 2.75) is 83.8 Å². The van der Waals surface area contributed by atoms with Gasteiger partial charge < -0.3 is 5.32 Å². The molecular weight excluding hydrogens is 694 g/mol. The third-order valence-electron chi connectivity index (χ3n) is 7.11. The van der Waals surface area contributed by atoms with Gasteiger partial charge in [-0.3, -0.25) is 22.9 Å². The minimum atomic E-state index is -4.72. The summed E-state index contributed by atoms with van der Waals surface area (Å²) in [7, 11) is -2.75. The summed E-state index contributed by atoms with van der Waals surface area (Å²) in [4.78, 5) is 30.3. The van der Waals surface area contributed by atoms with Gasteiger partial charge in [-0.25, -0.2) is 13.5 Å². The molecule has 9 nitrogen and oxygen atoms in total. The zero-order valence-corrected chi connectivity index (χ0v) is 30.4. The van der Waals surface area contributed by atoms with Gasteiger partial charge in [-0.2, -0.15) is 18.3 Å². The SMILES string of the molecule is CCCC(=O)N(c1nn(CC(F)(F)F)c2c(-c3ccc(C#CC(C)(C)S(C)=O)nc3C(CC)NC(=O)CC)ccc(Cl)c12)S(C)=O.CF. The number of alkyl halides is 4. The Hall–Kier alpha value is -3.35. The van der Waals surface area contributed by atoms with Crippen LogP contribution < -0.4 is 9.62 Å². The number of hydrogen-bond acceptors (Lipinski definition) is 6. The Labute approximate surface area is 288 Å². The number of nitrogens with zero attached hydrogens (tertiary/aromatic N) is 4. The number of halogens is 5. The zero-order chi connectivity index (χ0) is 36.6. The molecule has 0 radical (unpaired) electrons. The van der Waals surface area contributed by atoms with Crippen LogP contribution in [0, 0.1) is 11.8 Å². The maximum Gasteiger partial charge on any atom is 0.408 e. The molecule has 48 heavy (non-hydrogen) atoms. The van der Waals surface area contributed by atoms with Crippen LogP contribution in [0.15, 0.2) is 24.3 Å². The van der Waals surface area contributed by atoms with E-state index in [2.05, 4.69) is 22.3 Å². The number of aromatic nitrogens is 3. The molecule has 0 saturated carbocycles. The molecule has 0 saturated heterocycles. The van der Waals surface area contributed by atoms with Crippen LogP contribution in [0.5, 0.6) is 0 Å². The Morgan fingerprint density at radius 2 is 1.69 bits per heavy atom. The Morgan fingerprint density at radius 1 is 1.06 bits per heavy atom. The second-order valence-corrected chi connectivity index (χ2v) is 14.6. The summed E-state index contributed by atoms with van der Waals surface area (Å²) in [5.74, 6) is 4.80. The fourth-order valence-electron chi connectivity index (χ4n) is 4.59. The van der Waals surface area contributed by atoms with Gasteiger partial charge >= 0.3 is 6.18 Å². The van der Waals surface area contributed by atoms with E-state index in [0.717, 1.165) is 4.31 Å². The van der Waals surface area contributed by atoms with Gasteiger partial charge in [0, 0.05) is 47.3 Å². The molecular formula is C32H40ClF4N5O4S2. The third-order valence-corrected chi connectivity index (χ3v) is 9.86. The molecule has 0 fully saturated rings. The minimum absolute atomic E-state index is 0.0000405. The van der Waals surface area contributed by atoms with Crippen LogP contribution in [0.25, 0.3) is 22.0 Å². The monoisotopic (exact) mass is 733 g/mol. The molecule has 3 rings (SSSR count). The highest BCUT2D eigenvalue weighted by atomic mass is 35.5. The number of carbonyl (C=O) groups is 2. The van der Waals surface area contributed by atoms with E-state index in [4.69, 9.17) is 16.6 Å². The summed E-state index contributed by atoms with van der Waals surface area (Å²) in [6.45, 7) is 7.18. The maximum absolute atomic E-state index is 14.0. The van der Waals surface area contributed by atoms with Crippen molar-refractivity contribution in [3.8, 4) is 23.0 Å². The lowest BCUT2D eigenvalue weighted by molar-refractivity contribution is -0.141. The highest BCUT2D eigenvalue weighted by molar-refractivity contribution is 7.86. The van der Waals surface area contributed by atoms with Gasteiger partial charge in [0.05, 0.1) is 34.8 Å². The Kier molecular flexibility index (Phi) is 14.8. The van der Waals surface area contributed by atoms with E-state index in [9.17, 15) is 35.6 Å². The maximum atomic E-state index is 14.0. The van der Waals surface area contributed by atoms with Gasteiger partial charge in [-0.15, -0.1) is 0 Å². The summed E-state index contributed by atoms with van der Waals surface area (Å²) in [6.07, 6.45) is -0.982. The van der Waals surface area contributed by atoms with Crippen molar-refractivity contribution in [2.75, 3.05) is 24.0 Å². The molecule has 0 bridgehead atoms. The average Bonchev–Trinajstić information content (AvgIpc) is 3.37. The third kappa shape index (κ3) is 9.85. The lowest BCUT2D eigenvalue weighted by atomic mass is 9.95. The number of amides is 2. The van der Waals surface area contributed by atoms with Crippen LogP contribution in [0.2, 0.25) is 5.02 Å². The first-order chi connectivity index (χ1) is 22.4. The molecule has 3 atom stereocenters. The first kappa shape index (κ1) is 40.8. The summed E-state index contributed by atoms with van der Waals surface area (Å²) in [6, 6.07) is 5.54. The molecule has 0 aliphatic carbocycles. The summed E-state index contributed by atoms with van der Waals surface area (Å²) in [5, 5.41) is 7.11. The predicted octanol–water partition coefficient (Wildman–Crippen LogP) is 6.81. The molecule has 0 aliphatic rings. The fourth-order valence-corrected chi connectivity index (χ4v) is 5.77. The van der Waals surface area contributed by atoms with Crippen LogP contribution >= 0.6 is 11.6 Å². The Bertz CT molecular complexity index is 1750. The highest BCUT2D eigenvalue weighted by Crippen LogP contribution is 2.42. The van der Waals surface area contributed by atoms with Crippen molar-refractivity contribution >= 4 is 61.9 Å². The van der Waals surface area contributed by atoms with Crippen molar-refractivity contribution < 1.29 is 35.6 Å². The lowest BCUT2D eigenvalue weighted by Crippen LogP contribution is -2.32. The molecule has 2 heterocycles. The van der Waals surface area contributed by atoms with Gasteiger partial charge in [0.15, 0.2) is 5.82 Å². The quantitative estimate of drug-likeness (QED) is 0.171. The smallest absolute Gasteiger partial charge is 0.348 e. The van der Waals surface area contributed by atoms with E-state index in [0.29, 0.717) is 41.7 Å². The van der Waals surface area contributed by atoms with Crippen LogP contribution in [-0.2, 0) is 37.9 Å². The number of hydrogen-bond donors (Lipinski definition) is 1. The van der Waals surface area contributed by atoms with Crippen LogP contribution in [-0.4, -0.2) is 65.6 Å². The van der Waals surface area contributed by atoms with Crippen molar-refractivity contribution in [3.05, 3.63) is 40.7 Å². The number of rotatable bonds is 11. The van der Waals surface area contributed by atoms with Gasteiger partial charge in [0.2, 0.25) is 11.8 Å². The lowest BCUT2D eigenvalue weighted by Gasteiger charge is -2.21. The second-order valence-electron chi connectivity index (χ2n) is 11.0. The van der Waals surface area contributed by atoms with E-state index in [1.54, 1.807) is 46.1 Å². The normalized spacial score (nSPS) is 13.4. The van der Waals surface area contributed by atoms with E-state index in [-0.39, 0.29) is 46.1 Å². The Morgan fingerprint density at radius 3 is 2.21 bits per heavy atom. The molecule has 3 aromatic rings. The van der Waals surface area contributed by atoms with Crippen molar-refractivity contribution in [2.24, 2.45) is 0 Å². The first-order valence-electron chi connectivity index (χ1n) is 14.9. The van der Waals surface area contributed by atoms with E-state index < -0.39 is 51.2 Å². The standard InChI is InChI=1S/C31H37ClF3N5O4S2.CH3F/c1-8-11-25(42)40(46(7)44)29-26-22(32)15-14-21(28(26)39(38-29)18-31(33,34)35)20-13-12-19(16-17-30(4,5)45(6)43)36-27(20)23(9-2)37-24(41)10-3;1-2/h12-15,23H,8-11,18H2,1-7H3,(H,37,41);1H3. The highest BCUT2D eigenvalue weighted by Gasteiger charge is 2.34. The molecule has 16 heteroatoms. The molecule has 1 N–H and O–H groups in total. The van der Waals surface area contributed by atoms with Crippen molar-refractivity contribution in [1.82, 2.24) is 20.1 Å². The number of anilines is 1. The van der Waals surface area contributed by atoms with Crippen LogP contribution in [0.4, 0.5) is 23.4 Å². The van der Waals surface area contributed by atoms with Crippen LogP contribution in [0.1, 0.15) is 77.7 Å². The molecule has 0 aliphatic heterocycles. The molecule has 264 valence electrons. The second kappa shape index (κ2) is 17.3. The number of benzene rings is 1. The average molecular weight is 734 g/mol. The molecule has 1 aromatic carbocycles. The summed E-state index contributed by atoms with van der Waals surface area (Å²) >= 11 is 6.60. The minimum Gasteiger partial charge on any atom is -0.348 e. The molecule has 0 spiro atoms. The van der Waals surface area contributed by atoms with Gasteiger partial charge in [-0.1, -0.05) is 44.4 Å². The van der Waals surface area contributed by atoms with Gasteiger partial charge in [0.1, 0.15) is 28.0 Å². The number of pyridine rings is 1. The topological polar surface area (TPSA) is 114 Å². The molecule has 2 amide bonds. The van der Waals surface area contributed by atoms with Gasteiger partial charge in [0.25, 0.3) is 0 Å². The molecule has 2 aromatic heterocycles. The molecule has 3 unspecified atom stereocenters. The van der Waals surface area contributed by atoms with E-state index in [1.165, 1.54) is 18.4 Å². The number of nitrogens with one attached hydrogen (secondary N) is 1. The zero-order valence-electron chi connectivity index (χ0n) is 28.1. The number of carbonyl (C=O) groups excluding carboxylic acids is 2.